The van der Waals surface area contributed by atoms with Gasteiger partial charge >= 0.3 is 0 Å². The van der Waals surface area contributed by atoms with E-state index in [0.717, 1.165) is 5.69 Å². The van der Waals surface area contributed by atoms with Gasteiger partial charge < -0.3 is 9.72 Å². The summed E-state index contributed by atoms with van der Waals surface area (Å²) in [6.45, 7) is 4.01. The number of nitrogens with zero attached hydrogens (tertiary/aromatic N) is 1. The Morgan fingerprint density at radius 3 is 2.80 bits per heavy atom. The minimum atomic E-state index is -0.275. The van der Waals surface area contributed by atoms with Crippen LogP contribution in [0.1, 0.15) is 16.1 Å². The molecule has 0 unspecified atom stereocenters. The van der Waals surface area contributed by atoms with Crippen LogP contribution < -0.4 is 10.2 Å². The Labute approximate surface area is 117 Å². The molecule has 1 aromatic carbocycles. The average molecular weight is 269 g/mol. The summed E-state index contributed by atoms with van der Waals surface area (Å²) in [6, 6.07) is 10.5. The molecule has 5 heteroatoms. The molecule has 0 aliphatic heterocycles. The van der Waals surface area contributed by atoms with Crippen molar-refractivity contribution in [2.75, 3.05) is 6.61 Å². The molecule has 2 rings (SSSR count). The molecular weight excluding hydrogens is 254 g/mol. The van der Waals surface area contributed by atoms with Crippen LogP contribution in [-0.2, 0) is 0 Å². The molecule has 1 aromatic heterocycles. The summed E-state index contributed by atoms with van der Waals surface area (Å²) in [4.78, 5) is 14.8. The number of carbonyl (C=O) groups excluding carboxylic acids is 1. The molecule has 20 heavy (non-hydrogen) atoms. The van der Waals surface area contributed by atoms with Gasteiger partial charge in [-0.25, -0.2) is 5.43 Å². The second-order valence-corrected chi connectivity index (χ2v) is 3.95. The van der Waals surface area contributed by atoms with Crippen molar-refractivity contribution in [3.63, 3.8) is 0 Å². The third-order valence-electron chi connectivity index (χ3n) is 2.48. The molecule has 0 aliphatic rings. The second-order valence-electron chi connectivity index (χ2n) is 3.95. The number of hydrogen-bond acceptors (Lipinski definition) is 3. The Morgan fingerprint density at radius 2 is 2.15 bits per heavy atom. The van der Waals surface area contributed by atoms with E-state index in [1.54, 1.807) is 42.8 Å². The Hall–Kier alpha value is -2.82. The van der Waals surface area contributed by atoms with E-state index < -0.39 is 0 Å². The summed E-state index contributed by atoms with van der Waals surface area (Å²) in [5.74, 6) is 0.416. The fraction of sp³-hybridized carbons (Fsp3) is 0.0667. The Balaban J connectivity index is 1.90. The standard InChI is InChI=1S/C15H15N3O2/c1-2-10-20-14-7-5-12(6-8-14)15(19)18-17-11-13-4-3-9-16-13/h2-9,11,16H,1,10H2,(H,18,19). The highest BCUT2D eigenvalue weighted by atomic mass is 16.5. The largest absolute Gasteiger partial charge is 0.490 e. The van der Waals surface area contributed by atoms with Gasteiger partial charge in [0.1, 0.15) is 12.4 Å². The van der Waals surface area contributed by atoms with E-state index in [2.05, 4.69) is 22.1 Å². The normalized spacial score (nSPS) is 10.4. The lowest BCUT2D eigenvalue weighted by molar-refractivity contribution is 0.0955. The van der Waals surface area contributed by atoms with Crippen molar-refractivity contribution >= 4 is 12.1 Å². The SMILES string of the molecule is C=CCOc1ccc(C(=O)NN=Cc2ccc[nH]2)cc1. The quantitative estimate of drug-likeness (QED) is 0.480. The summed E-state index contributed by atoms with van der Waals surface area (Å²) in [7, 11) is 0. The summed E-state index contributed by atoms with van der Waals surface area (Å²) < 4.78 is 5.34. The van der Waals surface area contributed by atoms with Gasteiger partial charge in [-0.05, 0) is 36.4 Å². The number of hydrazone groups is 1. The second kappa shape index (κ2) is 6.94. The van der Waals surface area contributed by atoms with Crippen LogP contribution in [0.15, 0.2) is 60.4 Å². The van der Waals surface area contributed by atoms with Gasteiger partial charge in [0.25, 0.3) is 5.91 Å². The number of aromatic amines is 1. The Morgan fingerprint density at radius 1 is 1.35 bits per heavy atom. The third-order valence-corrected chi connectivity index (χ3v) is 2.48. The van der Waals surface area contributed by atoms with Crippen LogP contribution in [0.5, 0.6) is 5.75 Å². The van der Waals surface area contributed by atoms with Crippen molar-refractivity contribution in [2.45, 2.75) is 0 Å². The number of carbonyl (C=O) groups is 1. The van der Waals surface area contributed by atoms with E-state index in [9.17, 15) is 4.79 Å². The number of H-pyrrole nitrogens is 1. The highest BCUT2D eigenvalue weighted by molar-refractivity contribution is 5.94. The smallest absolute Gasteiger partial charge is 0.271 e. The van der Waals surface area contributed by atoms with Gasteiger partial charge in [-0.15, -0.1) is 0 Å². The predicted octanol–water partition coefficient (Wildman–Crippen LogP) is 2.34. The lowest BCUT2D eigenvalue weighted by Crippen LogP contribution is -2.17. The van der Waals surface area contributed by atoms with Gasteiger partial charge in [0.2, 0.25) is 0 Å². The van der Waals surface area contributed by atoms with Crippen molar-refractivity contribution in [2.24, 2.45) is 5.10 Å². The molecule has 2 aromatic rings. The molecule has 1 amide bonds. The van der Waals surface area contributed by atoms with Crippen LogP contribution in [0.3, 0.4) is 0 Å². The summed E-state index contributed by atoms with van der Waals surface area (Å²) >= 11 is 0. The van der Waals surface area contributed by atoms with Gasteiger partial charge in [-0.3, -0.25) is 4.79 Å². The maximum atomic E-state index is 11.8. The lowest BCUT2D eigenvalue weighted by atomic mass is 10.2. The minimum absolute atomic E-state index is 0.275. The van der Waals surface area contributed by atoms with Crippen molar-refractivity contribution < 1.29 is 9.53 Å². The molecule has 5 nitrogen and oxygen atoms in total. The molecule has 0 saturated carbocycles. The zero-order valence-corrected chi connectivity index (χ0v) is 10.9. The van der Waals surface area contributed by atoms with Gasteiger partial charge in [0, 0.05) is 11.8 Å². The van der Waals surface area contributed by atoms with E-state index in [4.69, 9.17) is 4.74 Å². The lowest BCUT2D eigenvalue weighted by Gasteiger charge is -2.04. The first-order valence-electron chi connectivity index (χ1n) is 6.10. The summed E-state index contributed by atoms with van der Waals surface area (Å²) in [5, 5.41) is 3.86. The van der Waals surface area contributed by atoms with Gasteiger partial charge in [0.15, 0.2) is 0 Å². The highest BCUT2D eigenvalue weighted by Crippen LogP contribution is 2.12. The fourth-order valence-corrected chi connectivity index (χ4v) is 1.51. The maximum absolute atomic E-state index is 11.8. The molecule has 0 aliphatic carbocycles. The van der Waals surface area contributed by atoms with Gasteiger partial charge in [0.05, 0.1) is 11.9 Å². The van der Waals surface area contributed by atoms with Crippen molar-refractivity contribution in [3.05, 3.63) is 66.5 Å². The van der Waals surface area contributed by atoms with E-state index in [1.165, 1.54) is 0 Å². The van der Waals surface area contributed by atoms with E-state index in [1.807, 2.05) is 12.1 Å². The number of hydrogen-bond donors (Lipinski definition) is 2. The maximum Gasteiger partial charge on any atom is 0.271 e. The van der Waals surface area contributed by atoms with Crippen LogP contribution in [0.4, 0.5) is 0 Å². The van der Waals surface area contributed by atoms with Crippen LogP contribution >= 0.6 is 0 Å². The summed E-state index contributed by atoms with van der Waals surface area (Å²) in [5.41, 5.74) is 3.78. The molecule has 1 heterocycles. The molecule has 0 atom stereocenters. The zero-order valence-electron chi connectivity index (χ0n) is 10.9. The first kappa shape index (κ1) is 13.6. The van der Waals surface area contributed by atoms with Crippen molar-refractivity contribution in [1.82, 2.24) is 10.4 Å². The predicted molar refractivity (Wildman–Crippen MR) is 78.0 cm³/mol. The number of ether oxygens (including phenoxy) is 1. The highest BCUT2D eigenvalue weighted by Gasteiger charge is 2.03. The molecule has 2 N–H and O–H groups in total. The molecule has 0 radical (unpaired) electrons. The number of rotatable bonds is 6. The van der Waals surface area contributed by atoms with Crippen LogP contribution in [0, 0.1) is 0 Å². The molecule has 0 saturated heterocycles. The zero-order chi connectivity index (χ0) is 14.2. The fourth-order valence-electron chi connectivity index (χ4n) is 1.51. The minimum Gasteiger partial charge on any atom is -0.490 e. The number of benzene rings is 1. The van der Waals surface area contributed by atoms with E-state index in [0.29, 0.717) is 17.9 Å². The summed E-state index contributed by atoms with van der Waals surface area (Å²) in [6.07, 6.45) is 4.99. The van der Waals surface area contributed by atoms with E-state index >= 15 is 0 Å². The number of aromatic nitrogens is 1. The number of nitrogens with one attached hydrogen (secondary N) is 2. The molecule has 0 bridgehead atoms. The molecule has 0 spiro atoms. The first-order chi connectivity index (χ1) is 9.79. The third kappa shape index (κ3) is 3.84. The Kier molecular flexibility index (Phi) is 4.72. The van der Waals surface area contributed by atoms with E-state index in [-0.39, 0.29) is 5.91 Å². The van der Waals surface area contributed by atoms with Crippen LogP contribution in [0.2, 0.25) is 0 Å². The van der Waals surface area contributed by atoms with Crippen LogP contribution in [0.25, 0.3) is 0 Å². The molecular formula is C15H15N3O2. The molecule has 0 fully saturated rings. The first-order valence-corrected chi connectivity index (χ1v) is 6.10. The van der Waals surface area contributed by atoms with Crippen molar-refractivity contribution in [3.8, 4) is 5.75 Å². The van der Waals surface area contributed by atoms with Gasteiger partial charge in [-0.1, -0.05) is 12.7 Å². The Bertz CT molecular complexity index is 586. The van der Waals surface area contributed by atoms with Crippen LogP contribution in [-0.4, -0.2) is 23.7 Å². The topological polar surface area (TPSA) is 66.5 Å². The number of amides is 1. The monoisotopic (exact) mass is 269 g/mol. The molecule has 102 valence electrons. The average Bonchev–Trinajstić information content (AvgIpc) is 2.99. The van der Waals surface area contributed by atoms with Crippen molar-refractivity contribution in [1.29, 1.82) is 0 Å². The van der Waals surface area contributed by atoms with Gasteiger partial charge in [-0.2, -0.15) is 5.10 Å².